The molecule has 0 spiro atoms. The Kier molecular flexibility index (Phi) is 4.96. The zero-order chi connectivity index (χ0) is 14.7. The Morgan fingerprint density at radius 2 is 1.95 bits per heavy atom. The molecule has 0 bridgehead atoms. The smallest absolute Gasteiger partial charge is 0.137 e. The lowest BCUT2D eigenvalue weighted by Crippen LogP contribution is -2.21. The Labute approximate surface area is 129 Å². The summed E-state index contributed by atoms with van der Waals surface area (Å²) in [6.45, 7) is 0.255. The molecule has 0 radical (unpaired) electrons. The monoisotopic (exact) mass is 360 g/mol. The van der Waals surface area contributed by atoms with E-state index in [2.05, 4.69) is 21.2 Å². The molecule has 0 saturated heterocycles. The van der Waals surface area contributed by atoms with Crippen LogP contribution in [-0.4, -0.2) is 6.54 Å². The van der Waals surface area contributed by atoms with Gasteiger partial charge in [0.2, 0.25) is 0 Å². The lowest BCUT2D eigenvalue weighted by Gasteiger charge is -2.20. The normalized spacial score (nSPS) is 12.2. The minimum Gasteiger partial charge on any atom is -0.376 e. The summed E-state index contributed by atoms with van der Waals surface area (Å²) in [5.41, 5.74) is 6.95. The van der Waals surface area contributed by atoms with E-state index in [0.29, 0.717) is 15.2 Å². The van der Waals surface area contributed by atoms with E-state index in [1.807, 2.05) is 0 Å². The van der Waals surface area contributed by atoms with Gasteiger partial charge < -0.3 is 11.1 Å². The summed E-state index contributed by atoms with van der Waals surface area (Å²) < 4.78 is 26.8. The molecule has 2 nitrogen and oxygen atoms in total. The van der Waals surface area contributed by atoms with Gasteiger partial charge in [-0.2, -0.15) is 0 Å². The van der Waals surface area contributed by atoms with E-state index in [9.17, 15) is 8.78 Å². The molecule has 6 heteroatoms. The summed E-state index contributed by atoms with van der Waals surface area (Å²) in [5.74, 6) is -0.749. The summed E-state index contributed by atoms with van der Waals surface area (Å²) in [4.78, 5) is 0. The van der Waals surface area contributed by atoms with E-state index >= 15 is 0 Å². The van der Waals surface area contributed by atoms with E-state index in [-0.39, 0.29) is 18.4 Å². The van der Waals surface area contributed by atoms with Gasteiger partial charge in [0.15, 0.2) is 0 Å². The molecule has 0 saturated carbocycles. The highest BCUT2D eigenvalue weighted by atomic mass is 79.9. The lowest BCUT2D eigenvalue weighted by atomic mass is 10.1. The Bertz CT molecular complexity index is 622. The molecular weight excluding hydrogens is 350 g/mol. The minimum atomic E-state index is -0.395. The molecule has 2 aromatic carbocycles. The SMILES string of the molecule is NCC(Nc1cc(F)ccc1Cl)c1ccc(F)c(Br)c1. The maximum absolute atomic E-state index is 13.2. The van der Waals surface area contributed by atoms with Crippen LogP contribution >= 0.6 is 27.5 Å². The largest absolute Gasteiger partial charge is 0.376 e. The number of nitrogens with two attached hydrogens (primary N) is 1. The van der Waals surface area contributed by atoms with Gasteiger partial charge in [-0.05, 0) is 51.8 Å². The quantitative estimate of drug-likeness (QED) is 0.842. The van der Waals surface area contributed by atoms with Crippen LogP contribution in [0.3, 0.4) is 0 Å². The van der Waals surface area contributed by atoms with Crippen molar-refractivity contribution in [2.24, 2.45) is 5.73 Å². The fourth-order valence-electron chi connectivity index (χ4n) is 1.80. The fourth-order valence-corrected chi connectivity index (χ4v) is 2.37. The van der Waals surface area contributed by atoms with Gasteiger partial charge in [0.05, 0.1) is 21.2 Å². The average Bonchev–Trinajstić information content (AvgIpc) is 2.43. The maximum atomic E-state index is 13.2. The summed E-state index contributed by atoms with van der Waals surface area (Å²) in [6.07, 6.45) is 0. The number of benzene rings is 2. The molecule has 2 rings (SSSR count). The molecule has 0 aromatic heterocycles. The standard InChI is InChI=1S/C14H12BrClF2N2/c15-10-5-8(1-4-12(10)18)14(7-19)20-13-6-9(17)2-3-11(13)16/h1-6,14,20H,7,19H2. The summed E-state index contributed by atoms with van der Waals surface area (Å²) in [6, 6.07) is 8.34. The molecule has 2 aromatic rings. The van der Waals surface area contributed by atoms with Crippen molar-refractivity contribution in [1.29, 1.82) is 0 Å². The van der Waals surface area contributed by atoms with Crippen molar-refractivity contribution in [3.05, 3.63) is 63.1 Å². The second kappa shape index (κ2) is 6.52. The van der Waals surface area contributed by atoms with Gasteiger partial charge in [-0.3, -0.25) is 0 Å². The molecule has 0 aliphatic rings. The van der Waals surface area contributed by atoms with Gasteiger partial charge in [-0.25, -0.2) is 8.78 Å². The van der Waals surface area contributed by atoms with Crippen molar-refractivity contribution >= 4 is 33.2 Å². The first-order valence-corrected chi connectivity index (χ1v) is 7.05. The molecule has 0 aliphatic heterocycles. The second-order valence-electron chi connectivity index (χ2n) is 4.23. The number of hydrogen-bond donors (Lipinski definition) is 2. The summed E-state index contributed by atoms with van der Waals surface area (Å²) in [7, 11) is 0. The van der Waals surface area contributed by atoms with Gasteiger partial charge in [0.1, 0.15) is 11.6 Å². The van der Waals surface area contributed by atoms with Crippen LogP contribution in [0.15, 0.2) is 40.9 Å². The zero-order valence-corrected chi connectivity index (χ0v) is 12.7. The van der Waals surface area contributed by atoms with Gasteiger partial charge in [-0.15, -0.1) is 0 Å². The highest BCUT2D eigenvalue weighted by Gasteiger charge is 2.13. The van der Waals surface area contributed by atoms with Crippen LogP contribution in [0.1, 0.15) is 11.6 Å². The van der Waals surface area contributed by atoms with Crippen LogP contribution in [0.2, 0.25) is 5.02 Å². The summed E-state index contributed by atoms with van der Waals surface area (Å²) in [5, 5.41) is 3.46. The van der Waals surface area contributed by atoms with Crippen molar-refractivity contribution in [3.63, 3.8) is 0 Å². The first-order chi connectivity index (χ1) is 9.51. The molecule has 1 unspecified atom stereocenters. The molecule has 106 valence electrons. The van der Waals surface area contributed by atoms with Crippen LogP contribution in [0.25, 0.3) is 0 Å². The third kappa shape index (κ3) is 3.48. The second-order valence-corrected chi connectivity index (χ2v) is 5.49. The first kappa shape index (κ1) is 15.2. The molecule has 1 atom stereocenters. The highest BCUT2D eigenvalue weighted by Crippen LogP contribution is 2.28. The third-order valence-corrected chi connectivity index (χ3v) is 3.78. The van der Waals surface area contributed by atoms with Gasteiger partial charge in [-0.1, -0.05) is 17.7 Å². The number of halogens is 4. The Morgan fingerprint density at radius 1 is 1.20 bits per heavy atom. The summed E-state index contributed by atoms with van der Waals surface area (Å²) >= 11 is 9.13. The Balaban J connectivity index is 2.28. The van der Waals surface area contributed by atoms with Crippen LogP contribution in [0.5, 0.6) is 0 Å². The van der Waals surface area contributed by atoms with E-state index in [4.69, 9.17) is 17.3 Å². The number of hydrogen-bond acceptors (Lipinski definition) is 2. The average molecular weight is 362 g/mol. The maximum Gasteiger partial charge on any atom is 0.137 e. The van der Waals surface area contributed by atoms with Gasteiger partial charge >= 0.3 is 0 Å². The van der Waals surface area contributed by atoms with E-state index in [1.165, 1.54) is 24.3 Å². The van der Waals surface area contributed by atoms with Crippen molar-refractivity contribution < 1.29 is 8.78 Å². The number of nitrogens with one attached hydrogen (secondary N) is 1. The van der Waals surface area contributed by atoms with E-state index in [0.717, 1.165) is 5.56 Å². The Morgan fingerprint density at radius 3 is 2.60 bits per heavy atom. The predicted molar refractivity (Wildman–Crippen MR) is 80.9 cm³/mol. The fraction of sp³-hybridized carbons (Fsp3) is 0.143. The topological polar surface area (TPSA) is 38.0 Å². The molecule has 0 aliphatic carbocycles. The lowest BCUT2D eigenvalue weighted by molar-refractivity contribution is 0.619. The van der Waals surface area contributed by atoms with Crippen molar-refractivity contribution in [3.8, 4) is 0 Å². The van der Waals surface area contributed by atoms with Gasteiger partial charge in [0, 0.05) is 6.54 Å². The number of rotatable bonds is 4. The van der Waals surface area contributed by atoms with E-state index in [1.54, 1.807) is 12.1 Å². The van der Waals surface area contributed by atoms with Gasteiger partial charge in [0.25, 0.3) is 0 Å². The van der Waals surface area contributed by atoms with E-state index < -0.39 is 5.82 Å². The minimum absolute atomic E-state index is 0.255. The van der Waals surface area contributed by atoms with Crippen molar-refractivity contribution in [1.82, 2.24) is 0 Å². The predicted octanol–water partition coefficient (Wildman–Crippen LogP) is 4.49. The van der Waals surface area contributed by atoms with Crippen LogP contribution in [0.4, 0.5) is 14.5 Å². The molecule has 0 amide bonds. The van der Waals surface area contributed by atoms with Crippen LogP contribution < -0.4 is 11.1 Å². The molecule has 0 fully saturated rings. The molecule has 20 heavy (non-hydrogen) atoms. The van der Waals surface area contributed by atoms with Crippen molar-refractivity contribution in [2.75, 3.05) is 11.9 Å². The molecule has 3 N–H and O–H groups in total. The first-order valence-electron chi connectivity index (χ1n) is 5.88. The van der Waals surface area contributed by atoms with Crippen LogP contribution in [0, 0.1) is 11.6 Å². The molecule has 0 heterocycles. The Hall–Kier alpha value is -1.17. The zero-order valence-electron chi connectivity index (χ0n) is 10.3. The van der Waals surface area contributed by atoms with Crippen LogP contribution in [-0.2, 0) is 0 Å². The van der Waals surface area contributed by atoms with Crippen molar-refractivity contribution in [2.45, 2.75) is 6.04 Å². The number of anilines is 1. The third-order valence-electron chi connectivity index (χ3n) is 2.84. The highest BCUT2D eigenvalue weighted by molar-refractivity contribution is 9.10. The molecular formula is C14H12BrClF2N2.